The van der Waals surface area contributed by atoms with Crippen molar-refractivity contribution in [3.05, 3.63) is 107 Å². The summed E-state index contributed by atoms with van der Waals surface area (Å²) in [6.07, 6.45) is 9.14. The maximum Gasteiger partial charge on any atom is 0.0502 e. The minimum Gasteiger partial charge on any atom is -0.310 e. The van der Waals surface area contributed by atoms with Crippen molar-refractivity contribution in [3.63, 3.8) is 0 Å². The molecular weight excluding hydrogens is 350 g/mol. The fourth-order valence-electron chi connectivity index (χ4n) is 4.73. The molecule has 1 heteroatoms. The summed E-state index contributed by atoms with van der Waals surface area (Å²) < 4.78 is 0. The minimum absolute atomic E-state index is 0.0217. The van der Waals surface area contributed by atoms with Crippen LogP contribution < -0.4 is 4.90 Å². The second-order valence-electron chi connectivity index (χ2n) is 8.68. The number of anilines is 3. The normalized spacial score (nSPS) is 16.8. The average molecular weight is 378 g/mol. The number of hydrogen-bond acceptors (Lipinski definition) is 1. The largest absolute Gasteiger partial charge is 0.310 e. The van der Waals surface area contributed by atoms with Crippen LogP contribution in [0.3, 0.4) is 0 Å². The Morgan fingerprint density at radius 1 is 0.793 bits per heavy atom. The lowest BCUT2D eigenvalue weighted by Crippen LogP contribution is -2.30. The molecule has 0 unspecified atom stereocenters. The summed E-state index contributed by atoms with van der Waals surface area (Å²) in [6, 6.07) is 24.7. The third kappa shape index (κ3) is 2.93. The SMILES string of the molecule is Cc1ccc2c(c1)C(C)(C)c1ccccc1N2c1ccc(C2=CCCC=C2)cc1. The first kappa shape index (κ1) is 18.0. The quantitative estimate of drug-likeness (QED) is 0.440. The van der Waals surface area contributed by atoms with Crippen molar-refractivity contribution < 1.29 is 0 Å². The van der Waals surface area contributed by atoms with E-state index < -0.39 is 0 Å². The van der Waals surface area contributed by atoms with Gasteiger partial charge in [0.15, 0.2) is 0 Å². The third-order valence-corrected chi connectivity index (χ3v) is 6.34. The van der Waals surface area contributed by atoms with Gasteiger partial charge in [-0.15, -0.1) is 0 Å². The fraction of sp³-hybridized carbons (Fsp3) is 0.214. The molecule has 5 rings (SSSR count). The zero-order valence-corrected chi connectivity index (χ0v) is 17.4. The summed E-state index contributed by atoms with van der Waals surface area (Å²) in [5, 5.41) is 0. The standard InChI is InChI=1S/C28H27N/c1-20-13-18-27-25(19-20)28(2,3)24-11-7-8-12-26(24)29(27)23-16-14-22(15-17-23)21-9-5-4-6-10-21/h5,7-19H,4,6H2,1-3H3. The maximum absolute atomic E-state index is 2.42. The molecule has 0 bridgehead atoms. The van der Waals surface area contributed by atoms with Crippen molar-refractivity contribution in [3.8, 4) is 0 Å². The monoisotopic (exact) mass is 377 g/mol. The first-order valence-corrected chi connectivity index (χ1v) is 10.5. The summed E-state index contributed by atoms with van der Waals surface area (Å²) in [7, 11) is 0. The van der Waals surface area contributed by atoms with Gasteiger partial charge in [-0.1, -0.05) is 80.1 Å². The van der Waals surface area contributed by atoms with Crippen molar-refractivity contribution >= 4 is 22.6 Å². The topological polar surface area (TPSA) is 3.24 Å². The molecule has 1 aliphatic carbocycles. The van der Waals surface area contributed by atoms with E-state index in [0.717, 1.165) is 12.8 Å². The fourth-order valence-corrected chi connectivity index (χ4v) is 4.73. The maximum atomic E-state index is 2.42. The molecule has 29 heavy (non-hydrogen) atoms. The summed E-state index contributed by atoms with van der Waals surface area (Å²) >= 11 is 0. The van der Waals surface area contributed by atoms with Crippen LogP contribution in [-0.2, 0) is 5.41 Å². The van der Waals surface area contributed by atoms with E-state index in [-0.39, 0.29) is 5.41 Å². The van der Waals surface area contributed by atoms with Gasteiger partial charge in [0.25, 0.3) is 0 Å². The summed E-state index contributed by atoms with van der Waals surface area (Å²) in [6.45, 7) is 6.86. The van der Waals surface area contributed by atoms with E-state index in [0.29, 0.717) is 0 Å². The van der Waals surface area contributed by atoms with Crippen molar-refractivity contribution in [1.29, 1.82) is 0 Å². The van der Waals surface area contributed by atoms with Gasteiger partial charge in [-0.05, 0) is 66.3 Å². The van der Waals surface area contributed by atoms with Crippen LogP contribution in [0.4, 0.5) is 17.1 Å². The second kappa shape index (κ2) is 6.77. The Hall–Kier alpha value is -3.06. The van der Waals surface area contributed by atoms with Crippen molar-refractivity contribution in [1.82, 2.24) is 0 Å². The zero-order chi connectivity index (χ0) is 20.0. The molecule has 0 fully saturated rings. The Labute approximate surface area is 174 Å². The Bertz CT molecular complexity index is 1130. The van der Waals surface area contributed by atoms with Gasteiger partial charge in [-0.3, -0.25) is 0 Å². The van der Waals surface area contributed by atoms with Crippen LogP contribution in [-0.4, -0.2) is 0 Å². The van der Waals surface area contributed by atoms with Gasteiger partial charge in [0.1, 0.15) is 0 Å². The molecule has 1 aliphatic heterocycles. The number of benzene rings is 3. The Morgan fingerprint density at radius 2 is 1.55 bits per heavy atom. The molecule has 1 nitrogen and oxygen atoms in total. The number of para-hydroxylation sites is 1. The van der Waals surface area contributed by atoms with Gasteiger partial charge >= 0.3 is 0 Å². The predicted molar refractivity (Wildman–Crippen MR) is 124 cm³/mol. The van der Waals surface area contributed by atoms with Crippen molar-refractivity contribution in [2.45, 2.75) is 39.0 Å². The third-order valence-electron chi connectivity index (χ3n) is 6.34. The lowest BCUT2D eigenvalue weighted by atomic mass is 9.73. The molecule has 0 N–H and O–H groups in total. The van der Waals surface area contributed by atoms with E-state index in [4.69, 9.17) is 0 Å². The van der Waals surface area contributed by atoms with Crippen LogP contribution in [0.2, 0.25) is 0 Å². The molecule has 0 radical (unpaired) electrons. The molecule has 0 spiro atoms. The van der Waals surface area contributed by atoms with Crippen molar-refractivity contribution in [2.75, 3.05) is 4.90 Å². The van der Waals surface area contributed by atoms with Gasteiger partial charge < -0.3 is 4.90 Å². The molecule has 0 aromatic heterocycles. The number of nitrogens with zero attached hydrogens (tertiary/aromatic N) is 1. The smallest absolute Gasteiger partial charge is 0.0502 e. The highest BCUT2D eigenvalue weighted by Crippen LogP contribution is 2.51. The van der Waals surface area contributed by atoms with E-state index in [1.807, 2.05) is 0 Å². The molecule has 1 heterocycles. The number of hydrogen-bond donors (Lipinski definition) is 0. The van der Waals surface area contributed by atoms with Gasteiger partial charge in [0.05, 0.1) is 11.4 Å². The minimum atomic E-state index is -0.0217. The summed E-state index contributed by atoms with van der Waals surface area (Å²) in [5.41, 5.74) is 10.4. The van der Waals surface area contributed by atoms with E-state index in [9.17, 15) is 0 Å². The average Bonchev–Trinajstić information content (AvgIpc) is 2.76. The molecule has 0 amide bonds. The van der Waals surface area contributed by atoms with E-state index in [2.05, 4.69) is 111 Å². The van der Waals surface area contributed by atoms with Crippen LogP contribution in [0, 0.1) is 6.92 Å². The van der Waals surface area contributed by atoms with E-state index in [1.54, 1.807) is 0 Å². The second-order valence-corrected chi connectivity index (χ2v) is 8.68. The van der Waals surface area contributed by atoms with Crippen LogP contribution in [0.1, 0.15) is 48.9 Å². The summed E-state index contributed by atoms with van der Waals surface area (Å²) in [5.74, 6) is 0. The zero-order valence-electron chi connectivity index (χ0n) is 17.4. The highest BCUT2D eigenvalue weighted by Gasteiger charge is 2.36. The molecule has 0 atom stereocenters. The predicted octanol–water partition coefficient (Wildman–Crippen LogP) is 7.84. The number of aryl methyl sites for hydroxylation is 1. The number of fused-ring (bicyclic) bond motifs is 2. The Morgan fingerprint density at radius 3 is 2.31 bits per heavy atom. The van der Waals surface area contributed by atoms with Crippen LogP contribution in [0.5, 0.6) is 0 Å². The highest BCUT2D eigenvalue weighted by atomic mass is 15.2. The Balaban J connectivity index is 1.66. The van der Waals surface area contributed by atoms with Crippen LogP contribution in [0.15, 0.2) is 85.0 Å². The lowest BCUT2D eigenvalue weighted by Gasteiger charge is -2.42. The molecule has 3 aromatic carbocycles. The van der Waals surface area contributed by atoms with Crippen LogP contribution in [0.25, 0.3) is 5.57 Å². The molecule has 2 aliphatic rings. The molecule has 0 saturated carbocycles. The van der Waals surface area contributed by atoms with Gasteiger partial charge in [-0.25, -0.2) is 0 Å². The summed E-state index contributed by atoms with van der Waals surface area (Å²) in [4.78, 5) is 2.42. The lowest BCUT2D eigenvalue weighted by molar-refractivity contribution is 0.631. The molecule has 3 aromatic rings. The molecular formula is C28H27N. The first-order valence-electron chi connectivity index (χ1n) is 10.5. The first-order chi connectivity index (χ1) is 14.1. The van der Waals surface area contributed by atoms with Gasteiger partial charge in [0.2, 0.25) is 0 Å². The highest BCUT2D eigenvalue weighted by molar-refractivity contribution is 5.86. The molecule has 144 valence electrons. The number of rotatable bonds is 2. The van der Waals surface area contributed by atoms with E-state index in [1.165, 1.54) is 44.9 Å². The van der Waals surface area contributed by atoms with E-state index >= 15 is 0 Å². The van der Waals surface area contributed by atoms with Gasteiger partial charge in [-0.2, -0.15) is 0 Å². The van der Waals surface area contributed by atoms with Gasteiger partial charge in [0, 0.05) is 11.1 Å². The van der Waals surface area contributed by atoms with Crippen LogP contribution >= 0.6 is 0 Å². The molecule has 0 saturated heterocycles. The van der Waals surface area contributed by atoms with Crippen molar-refractivity contribution in [2.24, 2.45) is 0 Å². The number of allylic oxidation sites excluding steroid dienone is 4. The Kier molecular flexibility index (Phi) is 4.20.